The first-order valence-corrected chi connectivity index (χ1v) is 9.38. The van der Waals surface area contributed by atoms with Gasteiger partial charge in [-0.05, 0) is 35.7 Å². The van der Waals surface area contributed by atoms with Crippen LogP contribution in [0.25, 0.3) is 0 Å². The average Bonchev–Trinajstić information content (AvgIpc) is 3.05. The molecule has 4 rings (SSSR count). The van der Waals surface area contributed by atoms with Crippen LogP contribution in [0.4, 0.5) is 5.69 Å². The van der Waals surface area contributed by atoms with Gasteiger partial charge in [0.1, 0.15) is 0 Å². The summed E-state index contributed by atoms with van der Waals surface area (Å²) in [7, 11) is 0. The molecule has 0 N–H and O–H groups in total. The van der Waals surface area contributed by atoms with Crippen LogP contribution in [0.1, 0.15) is 29.3 Å². The largest absolute Gasteiger partial charge is 0.350 e. The van der Waals surface area contributed by atoms with Gasteiger partial charge in [-0.25, -0.2) is 0 Å². The molecule has 1 aliphatic rings. The molecule has 138 valence electrons. The minimum atomic E-state index is -0.336. The number of fused-ring (bicyclic) bond motifs is 1. The molecule has 6 heteroatoms. The lowest BCUT2D eigenvalue weighted by Gasteiger charge is -2.31. The van der Waals surface area contributed by atoms with Crippen LogP contribution in [0.3, 0.4) is 0 Å². The molecule has 0 amide bonds. The summed E-state index contributed by atoms with van der Waals surface area (Å²) in [4.78, 5) is 13.3. The fraction of sp³-hybridized carbons (Fsp3) is 0.238. The van der Waals surface area contributed by atoms with Crippen LogP contribution in [-0.4, -0.2) is 20.9 Å². The van der Waals surface area contributed by atoms with Crippen molar-refractivity contribution < 1.29 is 4.92 Å². The third-order valence-electron chi connectivity index (χ3n) is 5.08. The molecular formula is C21H20ClN3O2. The Morgan fingerprint density at radius 3 is 2.74 bits per heavy atom. The van der Waals surface area contributed by atoms with Gasteiger partial charge >= 0.3 is 0 Å². The van der Waals surface area contributed by atoms with E-state index in [-0.39, 0.29) is 16.7 Å². The Morgan fingerprint density at radius 2 is 1.93 bits per heavy atom. The van der Waals surface area contributed by atoms with E-state index in [4.69, 9.17) is 11.6 Å². The van der Waals surface area contributed by atoms with Crippen molar-refractivity contribution in [3.8, 4) is 0 Å². The van der Waals surface area contributed by atoms with E-state index in [0.717, 1.165) is 41.4 Å². The number of rotatable bonds is 4. The molecule has 1 aliphatic heterocycles. The molecule has 0 saturated heterocycles. The minimum Gasteiger partial charge on any atom is -0.350 e. The van der Waals surface area contributed by atoms with Crippen molar-refractivity contribution in [1.29, 1.82) is 0 Å². The molecule has 0 saturated carbocycles. The molecule has 1 aromatic heterocycles. The molecule has 2 aromatic carbocycles. The summed E-state index contributed by atoms with van der Waals surface area (Å²) in [6.07, 6.45) is 3.09. The Hall–Kier alpha value is -2.63. The number of halogens is 1. The maximum atomic E-state index is 11.3. The Labute approximate surface area is 162 Å². The van der Waals surface area contributed by atoms with Crippen molar-refractivity contribution in [1.82, 2.24) is 9.47 Å². The van der Waals surface area contributed by atoms with E-state index in [9.17, 15) is 10.1 Å². The average molecular weight is 382 g/mol. The van der Waals surface area contributed by atoms with Crippen LogP contribution in [0.15, 0.2) is 66.9 Å². The third kappa shape index (κ3) is 3.61. The summed E-state index contributed by atoms with van der Waals surface area (Å²) in [6, 6.07) is 18.9. The zero-order valence-electron chi connectivity index (χ0n) is 14.8. The molecular weight excluding hydrogens is 362 g/mol. The standard InChI is InChI=1S/C21H20ClN3O2/c22-19-9-2-1-6-17(19)15-24-13-5-12-23-11-4-10-20(23)21(24)16-7-3-8-18(14-16)25(26)27/h1-4,6-11,14,21H,5,12-13,15H2. The Kier molecular flexibility index (Phi) is 4.97. The van der Waals surface area contributed by atoms with Gasteiger partial charge in [0, 0.05) is 48.7 Å². The lowest BCUT2D eigenvalue weighted by Crippen LogP contribution is -2.29. The Morgan fingerprint density at radius 1 is 1.07 bits per heavy atom. The number of hydrogen-bond acceptors (Lipinski definition) is 3. The van der Waals surface area contributed by atoms with Crippen LogP contribution < -0.4 is 0 Å². The highest BCUT2D eigenvalue weighted by Crippen LogP contribution is 2.35. The molecule has 0 radical (unpaired) electrons. The van der Waals surface area contributed by atoms with Gasteiger partial charge in [0.15, 0.2) is 0 Å². The lowest BCUT2D eigenvalue weighted by molar-refractivity contribution is -0.384. The second-order valence-electron chi connectivity index (χ2n) is 6.80. The van der Waals surface area contributed by atoms with Gasteiger partial charge in [0.05, 0.1) is 11.0 Å². The van der Waals surface area contributed by atoms with E-state index < -0.39 is 0 Å². The first kappa shape index (κ1) is 17.8. The number of nitro groups is 1. The molecule has 1 atom stereocenters. The topological polar surface area (TPSA) is 51.3 Å². The van der Waals surface area contributed by atoms with E-state index in [1.54, 1.807) is 12.1 Å². The van der Waals surface area contributed by atoms with Crippen LogP contribution in [-0.2, 0) is 13.1 Å². The maximum Gasteiger partial charge on any atom is 0.269 e. The molecule has 0 fully saturated rings. The number of aryl methyl sites for hydroxylation is 1. The number of non-ortho nitro benzene ring substituents is 1. The number of nitro benzene ring substituents is 1. The van der Waals surface area contributed by atoms with Crippen LogP contribution in [0, 0.1) is 10.1 Å². The second kappa shape index (κ2) is 7.55. The zero-order chi connectivity index (χ0) is 18.8. The first-order valence-electron chi connectivity index (χ1n) is 9.00. The molecule has 2 heterocycles. The number of benzene rings is 2. The molecule has 0 spiro atoms. The Balaban J connectivity index is 1.78. The highest BCUT2D eigenvalue weighted by atomic mass is 35.5. The summed E-state index contributed by atoms with van der Waals surface area (Å²) in [6.45, 7) is 2.52. The van der Waals surface area contributed by atoms with E-state index in [1.165, 1.54) is 6.07 Å². The maximum absolute atomic E-state index is 11.3. The summed E-state index contributed by atoms with van der Waals surface area (Å²) < 4.78 is 2.25. The van der Waals surface area contributed by atoms with Crippen molar-refractivity contribution in [2.24, 2.45) is 0 Å². The van der Waals surface area contributed by atoms with Crippen molar-refractivity contribution >= 4 is 17.3 Å². The van der Waals surface area contributed by atoms with Gasteiger partial charge in [-0.2, -0.15) is 0 Å². The van der Waals surface area contributed by atoms with Crippen LogP contribution in [0.5, 0.6) is 0 Å². The summed E-state index contributed by atoms with van der Waals surface area (Å²) >= 11 is 6.40. The van der Waals surface area contributed by atoms with Crippen LogP contribution >= 0.6 is 11.6 Å². The number of nitrogens with zero attached hydrogens (tertiary/aromatic N) is 3. The van der Waals surface area contributed by atoms with Gasteiger partial charge in [-0.1, -0.05) is 41.9 Å². The van der Waals surface area contributed by atoms with Gasteiger partial charge in [0.2, 0.25) is 0 Å². The minimum absolute atomic E-state index is 0.0568. The smallest absolute Gasteiger partial charge is 0.269 e. The highest BCUT2D eigenvalue weighted by molar-refractivity contribution is 6.31. The van der Waals surface area contributed by atoms with Crippen LogP contribution in [0.2, 0.25) is 5.02 Å². The summed E-state index contributed by atoms with van der Waals surface area (Å²) in [5.74, 6) is 0. The van der Waals surface area contributed by atoms with Crippen molar-refractivity contribution in [3.05, 3.63) is 98.8 Å². The highest BCUT2D eigenvalue weighted by Gasteiger charge is 2.28. The molecule has 27 heavy (non-hydrogen) atoms. The van der Waals surface area contributed by atoms with E-state index >= 15 is 0 Å². The van der Waals surface area contributed by atoms with Crippen molar-refractivity contribution in [2.75, 3.05) is 6.54 Å². The fourth-order valence-electron chi connectivity index (χ4n) is 3.85. The monoisotopic (exact) mass is 381 g/mol. The number of hydrogen-bond donors (Lipinski definition) is 0. The summed E-state index contributed by atoms with van der Waals surface area (Å²) in [5.41, 5.74) is 3.26. The summed E-state index contributed by atoms with van der Waals surface area (Å²) in [5, 5.41) is 12.0. The molecule has 0 aliphatic carbocycles. The van der Waals surface area contributed by atoms with E-state index in [0.29, 0.717) is 6.54 Å². The molecule has 5 nitrogen and oxygen atoms in total. The quantitative estimate of drug-likeness (QED) is 0.469. The normalized spacial score (nSPS) is 17.3. The Bertz CT molecular complexity index is 969. The first-order chi connectivity index (χ1) is 13.1. The predicted octanol–water partition coefficient (Wildman–Crippen LogP) is 5.05. The number of aromatic nitrogens is 1. The SMILES string of the molecule is O=[N+]([O-])c1cccc(C2c3cccn3CCCN2Cc2ccccc2Cl)c1. The van der Waals surface area contributed by atoms with E-state index in [1.807, 2.05) is 36.4 Å². The second-order valence-corrected chi connectivity index (χ2v) is 7.20. The van der Waals surface area contributed by atoms with E-state index in [2.05, 4.69) is 21.7 Å². The van der Waals surface area contributed by atoms with Gasteiger partial charge in [-0.15, -0.1) is 0 Å². The van der Waals surface area contributed by atoms with Gasteiger partial charge < -0.3 is 4.57 Å². The predicted molar refractivity (Wildman–Crippen MR) is 106 cm³/mol. The molecule has 1 unspecified atom stereocenters. The third-order valence-corrected chi connectivity index (χ3v) is 5.45. The zero-order valence-corrected chi connectivity index (χ0v) is 15.5. The van der Waals surface area contributed by atoms with Crippen molar-refractivity contribution in [3.63, 3.8) is 0 Å². The van der Waals surface area contributed by atoms with Crippen molar-refractivity contribution in [2.45, 2.75) is 25.6 Å². The van der Waals surface area contributed by atoms with Gasteiger partial charge in [-0.3, -0.25) is 15.0 Å². The van der Waals surface area contributed by atoms with Gasteiger partial charge in [0.25, 0.3) is 5.69 Å². The molecule has 0 bridgehead atoms. The molecule has 3 aromatic rings. The fourth-order valence-corrected chi connectivity index (χ4v) is 4.04. The lowest BCUT2D eigenvalue weighted by atomic mass is 10.0.